The van der Waals surface area contributed by atoms with Crippen LogP contribution < -0.4 is 0 Å². The first-order valence-corrected chi connectivity index (χ1v) is 4.90. The molecule has 0 aliphatic heterocycles. The smallest absolute Gasteiger partial charge is 0.0401 e. The number of rotatable bonds is 4. The standard InChI is InChI=1S/C12H18N2/c1-10(14(2)3)9-12(13)11-7-5-4-6-8-11/h4-8,10,13H,9H2,1-3H3. The second kappa shape index (κ2) is 4.91. The molecule has 0 fully saturated rings. The molecule has 76 valence electrons. The van der Waals surface area contributed by atoms with Gasteiger partial charge in [0.25, 0.3) is 0 Å². The summed E-state index contributed by atoms with van der Waals surface area (Å²) in [6.45, 7) is 2.14. The summed E-state index contributed by atoms with van der Waals surface area (Å²) in [5.74, 6) is 0. The lowest BCUT2D eigenvalue weighted by molar-refractivity contribution is 0.321. The lowest BCUT2D eigenvalue weighted by Crippen LogP contribution is -2.27. The van der Waals surface area contributed by atoms with Crippen LogP contribution in [0.4, 0.5) is 0 Å². The van der Waals surface area contributed by atoms with E-state index in [-0.39, 0.29) is 0 Å². The second-order valence-electron chi connectivity index (χ2n) is 3.86. The molecule has 0 spiro atoms. The highest BCUT2D eigenvalue weighted by molar-refractivity contribution is 5.98. The Hall–Kier alpha value is -1.15. The van der Waals surface area contributed by atoms with Gasteiger partial charge >= 0.3 is 0 Å². The van der Waals surface area contributed by atoms with E-state index in [1.807, 2.05) is 44.4 Å². The van der Waals surface area contributed by atoms with Gasteiger partial charge in [0, 0.05) is 18.2 Å². The van der Waals surface area contributed by atoms with Crippen LogP contribution in [0.25, 0.3) is 0 Å². The summed E-state index contributed by atoms with van der Waals surface area (Å²) in [6, 6.07) is 10.3. The van der Waals surface area contributed by atoms with Crippen LogP contribution in [0.3, 0.4) is 0 Å². The zero-order valence-corrected chi connectivity index (χ0v) is 9.12. The maximum absolute atomic E-state index is 7.93. The first kappa shape index (κ1) is 10.9. The average Bonchev–Trinajstić information content (AvgIpc) is 2.19. The van der Waals surface area contributed by atoms with Gasteiger partial charge in [0.1, 0.15) is 0 Å². The van der Waals surface area contributed by atoms with Gasteiger partial charge in [0.2, 0.25) is 0 Å². The molecule has 2 heteroatoms. The summed E-state index contributed by atoms with van der Waals surface area (Å²) in [5, 5.41) is 7.93. The molecular weight excluding hydrogens is 172 g/mol. The van der Waals surface area contributed by atoms with Crippen LogP contribution in [0.1, 0.15) is 18.9 Å². The van der Waals surface area contributed by atoms with Gasteiger partial charge in [-0.25, -0.2) is 0 Å². The third kappa shape index (κ3) is 2.96. The summed E-state index contributed by atoms with van der Waals surface area (Å²) >= 11 is 0. The van der Waals surface area contributed by atoms with E-state index in [0.717, 1.165) is 12.0 Å². The van der Waals surface area contributed by atoms with E-state index in [0.29, 0.717) is 11.8 Å². The van der Waals surface area contributed by atoms with Gasteiger partial charge in [-0.1, -0.05) is 30.3 Å². The van der Waals surface area contributed by atoms with Crippen molar-refractivity contribution in [2.24, 2.45) is 0 Å². The van der Waals surface area contributed by atoms with Gasteiger partial charge < -0.3 is 10.3 Å². The van der Waals surface area contributed by atoms with Crippen LogP contribution in [0.5, 0.6) is 0 Å². The molecule has 0 saturated carbocycles. The molecule has 0 heterocycles. The molecule has 1 atom stereocenters. The van der Waals surface area contributed by atoms with E-state index in [4.69, 9.17) is 5.41 Å². The molecule has 14 heavy (non-hydrogen) atoms. The molecule has 1 N–H and O–H groups in total. The monoisotopic (exact) mass is 190 g/mol. The number of hydrogen-bond acceptors (Lipinski definition) is 2. The van der Waals surface area contributed by atoms with Crippen molar-refractivity contribution in [1.29, 1.82) is 5.41 Å². The topological polar surface area (TPSA) is 27.1 Å². The minimum Gasteiger partial charge on any atom is -0.306 e. The molecule has 0 aliphatic carbocycles. The molecule has 1 rings (SSSR count). The molecular formula is C12H18N2. The zero-order chi connectivity index (χ0) is 10.6. The van der Waals surface area contributed by atoms with Crippen molar-refractivity contribution in [2.45, 2.75) is 19.4 Å². The van der Waals surface area contributed by atoms with Crippen molar-refractivity contribution in [2.75, 3.05) is 14.1 Å². The van der Waals surface area contributed by atoms with Crippen LogP contribution >= 0.6 is 0 Å². The minimum absolute atomic E-state index is 0.419. The fraction of sp³-hybridized carbons (Fsp3) is 0.417. The Morgan fingerprint density at radius 1 is 1.29 bits per heavy atom. The first-order chi connectivity index (χ1) is 6.61. The van der Waals surface area contributed by atoms with Gasteiger partial charge in [0.05, 0.1) is 0 Å². The van der Waals surface area contributed by atoms with Gasteiger partial charge in [-0.05, 0) is 26.6 Å². The van der Waals surface area contributed by atoms with Gasteiger partial charge in [-0.3, -0.25) is 0 Å². The van der Waals surface area contributed by atoms with Gasteiger partial charge in [-0.15, -0.1) is 0 Å². The summed E-state index contributed by atoms with van der Waals surface area (Å²) in [6.07, 6.45) is 0.803. The molecule has 1 aromatic carbocycles. The highest BCUT2D eigenvalue weighted by Gasteiger charge is 2.08. The van der Waals surface area contributed by atoms with Crippen molar-refractivity contribution in [3.63, 3.8) is 0 Å². The molecule has 0 saturated heterocycles. The van der Waals surface area contributed by atoms with Crippen molar-refractivity contribution < 1.29 is 0 Å². The van der Waals surface area contributed by atoms with Crippen molar-refractivity contribution in [3.8, 4) is 0 Å². The maximum atomic E-state index is 7.93. The number of benzene rings is 1. The predicted octanol–water partition coefficient (Wildman–Crippen LogP) is 2.39. The Morgan fingerprint density at radius 3 is 2.36 bits per heavy atom. The summed E-state index contributed by atoms with van der Waals surface area (Å²) in [4.78, 5) is 2.14. The Kier molecular flexibility index (Phi) is 3.84. The SMILES string of the molecule is CC(CC(=N)c1ccccc1)N(C)C. The first-order valence-electron chi connectivity index (χ1n) is 4.90. The number of nitrogens with zero attached hydrogens (tertiary/aromatic N) is 1. The average molecular weight is 190 g/mol. The largest absolute Gasteiger partial charge is 0.306 e. The zero-order valence-electron chi connectivity index (χ0n) is 9.12. The number of hydrogen-bond donors (Lipinski definition) is 1. The lowest BCUT2D eigenvalue weighted by Gasteiger charge is -2.19. The van der Waals surface area contributed by atoms with Crippen LogP contribution in [-0.4, -0.2) is 30.7 Å². The Morgan fingerprint density at radius 2 is 1.86 bits per heavy atom. The summed E-state index contributed by atoms with van der Waals surface area (Å²) in [5.41, 5.74) is 1.74. The fourth-order valence-electron chi connectivity index (χ4n) is 1.24. The van der Waals surface area contributed by atoms with E-state index in [2.05, 4.69) is 11.8 Å². The van der Waals surface area contributed by atoms with E-state index in [1.54, 1.807) is 0 Å². The third-order valence-corrected chi connectivity index (χ3v) is 2.50. The van der Waals surface area contributed by atoms with Crippen molar-refractivity contribution in [3.05, 3.63) is 35.9 Å². The van der Waals surface area contributed by atoms with E-state index < -0.39 is 0 Å². The minimum atomic E-state index is 0.419. The predicted molar refractivity (Wildman–Crippen MR) is 61.0 cm³/mol. The molecule has 0 aromatic heterocycles. The Labute approximate surface area is 86.1 Å². The fourth-order valence-corrected chi connectivity index (χ4v) is 1.24. The van der Waals surface area contributed by atoms with Crippen LogP contribution in [0, 0.1) is 5.41 Å². The van der Waals surface area contributed by atoms with Crippen LogP contribution in [0.15, 0.2) is 30.3 Å². The molecule has 0 amide bonds. The summed E-state index contributed by atoms with van der Waals surface area (Å²) < 4.78 is 0. The van der Waals surface area contributed by atoms with E-state index in [9.17, 15) is 0 Å². The summed E-state index contributed by atoms with van der Waals surface area (Å²) in [7, 11) is 4.09. The van der Waals surface area contributed by atoms with Gasteiger partial charge in [-0.2, -0.15) is 0 Å². The molecule has 1 aromatic rings. The highest BCUT2D eigenvalue weighted by atomic mass is 15.1. The molecule has 0 aliphatic rings. The van der Waals surface area contributed by atoms with Gasteiger partial charge in [0.15, 0.2) is 0 Å². The number of nitrogens with one attached hydrogen (secondary N) is 1. The van der Waals surface area contributed by atoms with Crippen molar-refractivity contribution >= 4 is 5.71 Å². The highest BCUT2D eigenvalue weighted by Crippen LogP contribution is 2.07. The van der Waals surface area contributed by atoms with E-state index >= 15 is 0 Å². The normalized spacial score (nSPS) is 12.9. The van der Waals surface area contributed by atoms with Crippen molar-refractivity contribution in [1.82, 2.24) is 4.90 Å². The maximum Gasteiger partial charge on any atom is 0.0401 e. The lowest BCUT2D eigenvalue weighted by atomic mass is 10.0. The Bertz CT molecular complexity index is 290. The second-order valence-corrected chi connectivity index (χ2v) is 3.86. The third-order valence-electron chi connectivity index (χ3n) is 2.50. The Balaban J connectivity index is 2.60. The van der Waals surface area contributed by atoms with Crippen LogP contribution in [0.2, 0.25) is 0 Å². The molecule has 0 radical (unpaired) electrons. The molecule has 1 unspecified atom stereocenters. The molecule has 0 bridgehead atoms. The molecule has 2 nitrogen and oxygen atoms in total. The quantitative estimate of drug-likeness (QED) is 0.725. The van der Waals surface area contributed by atoms with E-state index in [1.165, 1.54) is 0 Å². The van der Waals surface area contributed by atoms with Crippen LogP contribution in [-0.2, 0) is 0 Å².